The Morgan fingerprint density at radius 1 is 1.56 bits per heavy atom. The number of carbonyl (C=O) groups is 1. The number of nitrogens with zero attached hydrogens (tertiary/aromatic N) is 1. The molecule has 0 aliphatic heterocycles. The number of hydrogen-bond donors (Lipinski definition) is 2. The smallest absolute Gasteiger partial charge is 0.357 e. The lowest BCUT2D eigenvalue weighted by molar-refractivity contribution is 0.0692. The van der Waals surface area contributed by atoms with Crippen molar-refractivity contribution in [1.29, 1.82) is 0 Å². The molecule has 1 aromatic carbocycles. The van der Waals surface area contributed by atoms with E-state index in [1.54, 1.807) is 0 Å². The van der Waals surface area contributed by atoms with Crippen LogP contribution in [0.15, 0.2) is 18.2 Å². The molecule has 2 rings (SSSR count). The van der Waals surface area contributed by atoms with E-state index in [0.717, 1.165) is 11.3 Å². The highest BCUT2D eigenvalue weighted by Gasteiger charge is 2.16. The first-order valence-electron chi connectivity index (χ1n) is 4.86. The third-order valence-corrected chi connectivity index (χ3v) is 3.19. The van der Waals surface area contributed by atoms with Crippen LogP contribution in [0.1, 0.15) is 10.5 Å². The number of benzene rings is 1. The Morgan fingerprint density at radius 3 is 2.83 bits per heavy atom. The predicted octanol–water partition coefficient (Wildman–Crippen LogP) is 2.24. The normalized spacial score (nSPS) is 10.3. The fraction of sp³-hybridized carbons (Fsp3) is 0.0909. The van der Waals surface area contributed by atoms with Crippen molar-refractivity contribution in [2.24, 2.45) is 0 Å². The number of carboxylic acid groups (broad SMARTS) is 1. The molecule has 3 N–H and O–H groups in total. The monoisotopic (exact) mass is 268 g/mol. The number of nitrogen functional groups attached to an aromatic ring is 1. The number of hydrogen-bond acceptors (Lipinski definition) is 5. The van der Waals surface area contributed by atoms with Gasteiger partial charge in [-0.05, 0) is 18.2 Å². The summed E-state index contributed by atoms with van der Waals surface area (Å²) in [5.74, 6) is -1.62. The summed E-state index contributed by atoms with van der Waals surface area (Å²) in [6.07, 6.45) is 0. The van der Waals surface area contributed by atoms with Crippen molar-refractivity contribution < 1.29 is 19.0 Å². The Hall–Kier alpha value is -2.15. The molecule has 0 saturated carbocycles. The van der Waals surface area contributed by atoms with Crippen LogP contribution < -0.4 is 10.5 Å². The molecular formula is C11H9FN2O3S. The summed E-state index contributed by atoms with van der Waals surface area (Å²) in [4.78, 5) is 14.7. The molecule has 18 heavy (non-hydrogen) atoms. The molecule has 0 radical (unpaired) electrons. The third kappa shape index (κ3) is 2.12. The van der Waals surface area contributed by atoms with Crippen molar-refractivity contribution in [3.05, 3.63) is 29.7 Å². The van der Waals surface area contributed by atoms with E-state index in [0.29, 0.717) is 10.6 Å². The average molecular weight is 268 g/mol. The molecule has 0 atom stereocenters. The van der Waals surface area contributed by atoms with Gasteiger partial charge in [-0.25, -0.2) is 14.2 Å². The second-order valence-electron chi connectivity index (χ2n) is 3.39. The van der Waals surface area contributed by atoms with Gasteiger partial charge in [-0.1, -0.05) is 11.3 Å². The highest BCUT2D eigenvalue weighted by Crippen LogP contribution is 2.32. The second-order valence-corrected chi connectivity index (χ2v) is 4.42. The van der Waals surface area contributed by atoms with Crippen LogP contribution in [0.5, 0.6) is 5.75 Å². The SMILES string of the molecule is COc1cc(-c2nc(C(=O)O)c(N)s2)ccc1F. The molecule has 0 spiro atoms. The summed E-state index contributed by atoms with van der Waals surface area (Å²) in [6, 6.07) is 4.16. The van der Waals surface area contributed by atoms with Gasteiger partial charge in [0.05, 0.1) is 7.11 Å². The van der Waals surface area contributed by atoms with Crippen molar-refractivity contribution >= 4 is 22.3 Å². The molecule has 94 valence electrons. The topological polar surface area (TPSA) is 85.4 Å². The number of carboxylic acids is 1. The van der Waals surface area contributed by atoms with Crippen LogP contribution in [0.3, 0.4) is 0 Å². The molecule has 1 heterocycles. The third-order valence-electron chi connectivity index (χ3n) is 2.25. The molecule has 0 saturated heterocycles. The molecule has 7 heteroatoms. The molecule has 0 unspecified atom stereocenters. The van der Waals surface area contributed by atoms with E-state index in [1.165, 1.54) is 25.3 Å². The maximum absolute atomic E-state index is 13.2. The van der Waals surface area contributed by atoms with E-state index in [2.05, 4.69) is 4.98 Å². The Morgan fingerprint density at radius 2 is 2.28 bits per heavy atom. The predicted molar refractivity (Wildman–Crippen MR) is 65.4 cm³/mol. The molecule has 0 aliphatic rings. The highest BCUT2D eigenvalue weighted by molar-refractivity contribution is 7.19. The standard InChI is InChI=1S/C11H9FN2O3S/c1-17-7-4-5(2-3-6(7)12)10-14-8(11(15)16)9(13)18-10/h2-4H,13H2,1H3,(H,15,16). The molecule has 0 amide bonds. The fourth-order valence-electron chi connectivity index (χ4n) is 1.40. The number of aromatic nitrogens is 1. The van der Waals surface area contributed by atoms with Crippen LogP contribution in [0.4, 0.5) is 9.39 Å². The van der Waals surface area contributed by atoms with Crippen molar-refractivity contribution in [3.63, 3.8) is 0 Å². The van der Waals surface area contributed by atoms with Crippen molar-refractivity contribution in [2.75, 3.05) is 12.8 Å². The van der Waals surface area contributed by atoms with Gasteiger partial charge in [0.25, 0.3) is 0 Å². The van der Waals surface area contributed by atoms with E-state index in [-0.39, 0.29) is 16.4 Å². The van der Waals surface area contributed by atoms with Crippen LogP contribution in [0.2, 0.25) is 0 Å². The Bertz CT molecular complexity index is 612. The van der Waals surface area contributed by atoms with E-state index in [1.807, 2.05) is 0 Å². The van der Waals surface area contributed by atoms with Gasteiger partial charge in [0.2, 0.25) is 0 Å². The fourth-order valence-corrected chi connectivity index (χ4v) is 2.22. The maximum atomic E-state index is 13.2. The number of nitrogens with two attached hydrogens (primary N) is 1. The minimum atomic E-state index is -1.19. The number of methoxy groups -OCH3 is 1. The number of aromatic carboxylic acids is 1. The molecule has 1 aromatic heterocycles. The summed E-state index contributed by atoms with van der Waals surface area (Å²) in [5, 5.41) is 9.37. The Kier molecular flexibility index (Phi) is 3.15. The number of anilines is 1. The number of halogens is 1. The first-order valence-corrected chi connectivity index (χ1v) is 5.68. The Balaban J connectivity index is 2.49. The first kappa shape index (κ1) is 12.3. The van der Waals surface area contributed by atoms with E-state index in [4.69, 9.17) is 15.6 Å². The summed E-state index contributed by atoms with van der Waals surface area (Å²) in [6.45, 7) is 0. The number of rotatable bonds is 3. The molecule has 2 aromatic rings. The van der Waals surface area contributed by atoms with Crippen molar-refractivity contribution in [2.45, 2.75) is 0 Å². The summed E-state index contributed by atoms with van der Waals surface area (Å²) in [5.41, 5.74) is 5.91. The summed E-state index contributed by atoms with van der Waals surface area (Å²) in [7, 11) is 1.35. The average Bonchev–Trinajstić information content (AvgIpc) is 2.72. The first-order chi connectivity index (χ1) is 8.52. The lowest BCUT2D eigenvalue weighted by atomic mass is 10.2. The van der Waals surface area contributed by atoms with Gasteiger partial charge in [-0.3, -0.25) is 0 Å². The quantitative estimate of drug-likeness (QED) is 0.891. The van der Waals surface area contributed by atoms with Crippen molar-refractivity contribution in [1.82, 2.24) is 4.98 Å². The van der Waals surface area contributed by atoms with Gasteiger partial charge in [-0.2, -0.15) is 0 Å². The molecular weight excluding hydrogens is 259 g/mol. The number of ether oxygens (including phenoxy) is 1. The lowest BCUT2D eigenvalue weighted by Gasteiger charge is -2.03. The zero-order valence-electron chi connectivity index (χ0n) is 9.31. The van der Waals surface area contributed by atoms with Gasteiger partial charge in [0.15, 0.2) is 17.3 Å². The number of thiazole rings is 1. The van der Waals surface area contributed by atoms with Crippen LogP contribution in [0.25, 0.3) is 10.6 Å². The maximum Gasteiger partial charge on any atom is 0.357 e. The minimum absolute atomic E-state index is 0.0677. The van der Waals surface area contributed by atoms with Gasteiger partial charge >= 0.3 is 5.97 Å². The van der Waals surface area contributed by atoms with E-state index >= 15 is 0 Å². The van der Waals surface area contributed by atoms with Crippen LogP contribution in [-0.2, 0) is 0 Å². The second kappa shape index (κ2) is 4.61. The van der Waals surface area contributed by atoms with E-state index < -0.39 is 11.8 Å². The summed E-state index contributed by atoms with van der Waals surface area (Å²) < 4.78 is 18.1. The molecule has 0 fully saturated rings. The summed E-state index contributed by atoms with van der Waals surface area (Å²) >= 11 is 1.03. The van der Waals surface area contributed by atoms with Gasteiger partial charge in [-0.15, -0.1) is 0 Å². The van der Waals surface area contributed by atoms with E-state index in [9.17, 15) is 9.18 Å². The zero-order chi connectivity index (χ0) is 13.3. The zero-order valence-corrected chi connectivity index (χ0v) is 10.1. The van der Waals surface area contributed by atoms with Gasteiger partial charge < -0.3 is 15.6 Å². The van der Waals surface area contributed by atoms with Crippen molar-refractivity contribution in [3.8, 4) is 16.3 Å². The Labute approximate surface area is 106 Å². The molecule has 0 aliphatic carbocycles. The minimum Gasteiger partial charge on any atom is -0.494 e. The van der Waals surface area contributed by atoms with Gasteiger partial charge in [0.1, 0.15) is 10.0 Å². The molecule has 5 nitrogen and oxygen atoms in total. The van der Waals surface area contributed by atoms with Crippen LogP contribution in [0, 0.1) is 5.82 Å². The van der Waals surface area contributed by atoms with Gasteiger partial charge in [0, 0.05) is 5.56 Å². The van der Waals surface area contributed by atoms with Crippen LogP contribution >= 0.6 is 11.3 Å². The highest BCUT2D eigenvalue weighted by atomic mass is 32.1. The van der Waals surface area contributed by atoms with Crippen LogP contribution in [-0.4, -0.2) is 23.2 Å². The molecule has 0 bridgehead atoms. The lowest BCUT2D eigenvalue weighted by Crippen LogP contribution is -2.00. The largest absolute Gasteiger partial charge is 0.494 e.